The Morgan fingerprint density at radius 2 is 2.50 bits per heavy atom. The van der Waals surface area contributed by atoms with Crippen LogP contribution in [0.5, 0.6) is 0 Å². The van der Waals surface area contributed by atoms with Crippen molar-refractivity contribution < 1.29 is 4.74 Å². The Morgan fingerprint density at radius 3 is 3.30 bits per heavy atom. The summed E-state index contributed by atoms with van der Waals surface area (Å²) < 4.78 is 6.09. The summed E-state index contributed by atoms with van der Waals surface area (Å²) in [4.78, 5) is 6.74. The zero-order valence-corrected chi connectivity index (χ0v) is 12.1. The fraction of sp³-hybridized carbons (Fsp3) is 0.667. The number of anilines is 1. The first-order chi connectivity index (χ1) is 9.78. The van der Waals surface area contributed by atoms with Gasteiger partial charge in [0.05, 0.1) is 12.7 Å². The van der Waals surface area contributed by atoms with Gasteiger partial charge in [0.15, 0.2) is 0 Å². The summed E-state index contributed by atoms with van der Waals surface area (Å²) in [5.74, 6) is 0.627. The van der Waals surface area contributed by atoms with Crippen LogP contribution in [-0.4, -0.2) is 54.8 Å². The molecule has 110 valence electrons. The number of nitrogens with one attached hydrogen (secondary N) is 1. The van der Waals surface area contributed by atoms with Crippen molar-refractivity contribution in [3.8, 4) is 0 Å². The summed E-state index contributed by atoms with van der Waals surface area (Å²) in [7, 11) is 2.00. The van der Waals surface area contributed by atoms with E-state index in [1.165, 1.54) is 19.4 Å². The summed E-state index contributed by atoms with van der Waals surface area (Å²) in [6.07, 6.45) is 5.42. The highest BCUT2D eigenvalue weighted by molar-refractivity contribution is 5.39. The van der Waals surface area contributed by atoms with Gasteiger partial charge in [-0.2, -0.15) is 0 Å². The van der Waals surface area contributed by atoms with Gasteiger partial charge in [-0.1, -0.05) is 6.07 Å². The van der Waals surface area contributed by atoms with E-state index in [0.29, 0.717) is 11.9 Å². The summed E-state index contributed by atoms with van der Waals surface area (Å²) >= 11 is 0. The van der Waals surface area contributed by atoms with Gasteiger partial charge in [-0.05, 0) is 44.5 Å². The third-order valence-corrected chi connectivity index (χ3v) is 4.60. The molecule has 5 heteroatoms. The molecule has 2 fully saturated rings. The Hall–Kier alpha value is -1.17. The molecular formula is C15H24N4O. The molecule has 0 spiro atoms. The van der Waals surface area contributed by atoms with Crippen LogP contribution in [0.3, 0.4) is 0 Å². The number of morpholine rings is 1. The first-order valence-electron chi connectivity index (χ1n) is 7.50. The molecule has 1 aromatic heterocycles. The zero-order valence-electron chi connectivity index (χ0n) is 12.1. The molecule has 0 saturated carbocycles. The Bertz CT molecular complexity index is 453. The smallest absolute Gasteiger partial charge is 0.126 e. The first-order valence-corrected chi connectivity index (χ1v) is 7.50. The average Bonchev–Trinajstić information content (AvgIpc) is 2.94. The molecule has 3 N–H and O–H groups in total. The van der Waals surface area contributed by atoms with E-state index >= 15 is 0 Å². The van der Waals surface area contributed by atoms with Gasteiger partial charge in [0.2, 0.25) is 0 Å². The number of pyridine rings is 1. The summed E-state index contributed by atoms with van der Waals surface area (Å²) in [5, 5.41) is 3.39. The maximum absolute atomic E-state index is 6.09. The SMILES string of the molecule is CNC(Cc1cccnc1N)C1CN2CCCC2CO1. The Labute approximate surface area is 120 Å². The molecule has 0 amide bonds. The number of nitrogens with zero attached hydrogens (tertiary/aromatic N) is 2. The molecule has 3 unspecified atom stereocenters. The van der Waals surface area contributed by atoms with E-state index < -0.39 is 0 Å². The summed E-state index contributed by atoms with van der Waals surface area (Å²) in [6.45, 7) is 3.11. The molecule has 2 saturated heterocycles. The lowest BCUT2D eigenvalue weighted by Crippen LogP contribution is -2.54. The van der Waals surface area contributed by atoms with Crippen molar-refractivity contribution in [3.63, 3.8) is 0 Å². The van der Waals surface area contributed by atoms with Gasteiger partial charge in [-0.25, -0.2) is 4.98 Å². The molecule has 5 nitrogen and oxygen atoms in total. The number of fused-ring (bicyclic) bond motifs is 1. The van der Waals surface area contributed by atoms with Crippen LogP contribution in [0.2, 0.25) is 0 Å². The van der Waals surface area contributed by atoms with Gasteiger partial charge in [0.25, 0.3) is 0 Å². The number of hydrogen-bond acceptors (Lipinski definition) is 5. The van der Waals surface area contributed by atoms with Gasteiger partial charge in [-0.3, -0.25) is 4.90 Å². The van der Waals surface area contributed by atoms with Gasteiger partial charge in [-0.15, -0.1) is 0 Å². The maximum Gasteiger partial charge on any atom is 0.126 e. The van der Waals surface area contributed by atoms with Crippen LogP contribution in [0.1, 0.15) is 18.4 Å². The van der Waals surface area contributed by atoms with E-state index in [-0.39, 0.29) is 12.1 Å². The second kappa shape index (κ2) is 6.08. The molecule has 3 atom stereocenters. The highest BCUT2D eigenvalue weighted by Crippen LogP contribution is 2.25. The minimum atomic E-state index is 0.231. The van der Waals surface area contributed by atoms with Crippen LogP contribution >= 0.6 is 0 Å². The predicted octanol–water partition coefficient (Wildman–Crippen LogP) is 0.658. The van der Waals surface area contributed by atoms with Gasteiger partial charge >= 0.3 is 0 Å². The van der Waals surface area contributed by atoms with Crippen molar-refractivity contribution in [1.82, 2.24) is 15.2 Å². The van der Waals surface area contributed by atoms with Crippen LogP contribution < -0.4 is 11.1 Å². The number of hydrogen-bond donors (Lipinski definition) is 2. The van der Waals surface area contributed by atoms with Crippen molar-refractivity contribution in [2.24, 2.45) is 0 Å². The lowest BCUT2D eigenvalue weighted by atomic mass is 10.00. The standard InChI is InChI=1S/C15H24N4O/c1-17-13(8-11-4-2-6-18-15(11)16)14-9-19-7-3-5-12(19)10-20-14/h2,4,6,12-14,17H,3,5,7-10H2,1H3,(H2,16,18). The van der Waals surface area contributed by atoms with Crippen LogP contribution in [0.4, 0.5) is 5.82 Å². The minimum absolute atomic E-state index is 0.231. The zero-order chi connectivity index (χ0) is 13.9. The van der Waals surface area contributed by atoms with Crippen LogP contribution in [-0.2, 0) is 11.2 Å². The number of nitrogens with two attached hydrogens (primary N) is 1. The third kappa shape index (κ3) is 2.80. The van der Waals surface area contributed by atoms with E-state index in [1.54, 1.807) is 6.20 Å². The molecule has 20 heavy (non-hydrogen) atoms. The van der Waals surface area contributed by atoms with Crippen molar-refractivity contribution in [3.05, 3.63) is 23.9 Å². The Kier molecular flexibility index (Phi) is 4.19. The number of likely N-dealkylation sites (N-methyl/N-ethyl adjacent to an activating group) is 1. The fourth-order valence-corrected chi connectivity index (χ4v) is 3.37. The summed E-state index contributed by atoms with van der Waals surface area (Å²) in [5.41, 5.74) is 7.04. The van der Waals surface area contributed by atoms with Crippen LogP contribution in [0.25, 0.3) is 0 Å². The predicted molar refractivity (Wildman–Crippen MR) is 79.5 cm³/mol. The molecular weight excluding hydrogens is 252 g/mol. The highest BCUT2D eigenvalue weighted by Gasteiger charge is 2.35. The molecule has 0 bridgehead atoms. The summed E-state index contributed by atoms with van der Waals surface area (Å²) in [6, 6.07) is 4.92. The van der Waals surface area contributed by atoms with Crippen LogP contribution in [0, 0.1) is 0 Å². The van der Waals surface area contributed by atoms with E-state index in [0.717, 1.165) is 25.1 Å². The highest BCUT2D eigenvalue weighted by atomic mass is 16.5. The fourth-order valence-electron chi connectivity index (χ4n) is 3.37. The van der Waals surface area contributed by atoms with Crippen molar-refractivity contribution in [2.45, 2.75) is 37.5 Å². The Balaban J connectivity index is 1.66. The second-order valence-electron chi connectivity index (χ2n) is 5.81. The molecule has 1 aromatic rings. The van der Waals surface area contributed by atoms with E-state index in [1.807, 2.05) is 19.2 Å². The lowest BCUT2D eigenvalue weighted by Gasteiger charge is -2.39. The number of rotatable bonds is 4. The first kappa shape index (κ1) is 13.8. The van der Waals surface area contributed by atoms with Crippen LogP contribution in [0.15, 0.2) is 18.3 Å². The minimum Gasteiger partial charge on any atom is -0.383 e. The Morgan fingerprint density at radius 1 is 1.60 bits per heavy atom. The maximum atomic E-state index is 6.09. The van der Waals surface area contributed by atoms with E-state index in [4.69, 9.17) is 10.5 Å². The molecule has 0 aromatic carbocycles. The number of nitrogen functional groups attached to an aromatic ring is 1. The molecule has 2 aliphatic heterocycles. The van der Waals surface area contributed by atoms with Crippen molar-refractivity contribution in [2.75, 3.05) is 32.5 Å². The molecule has 2 aliphatic rings. The second-order valence-corrected chi connectivity index (χ2v) is 5.81. The molecule has 0 aliphatic carbocycles. The largest absolute Gasteiger partial charge is 0.383 e. The van der Waals surface area contributed by atoms with Crippen molar-refractivity contribution >= 4 is 5.82 Å². The normalized spacial score (nSPS) is 28.2. The quantitative estimate of drug-likeness (QED) is 0.846. The molecule has 3 rings (SSSR count). The average molecular weight is 276 g/mol. The van der Waals surface area contributed by atoms with E-state index in [9.17, 15) is 0 Å². The van der Waals surface area contributed by atoms with Crippen molar-refractivity contribution in [1.29, 1.82) is 0 Å². The lowest BCUT2D eigenvalue weighted by molar-refractivity contribution is -0.0633. The molecule has 3 heterocycles. The topological polar surface area (TPSA) is 63.4 Å². The molecule has 0 radical (unpaired) electrons. The van der Waals surface area contributed by atoms with Gasteiger partial charge < -0.3 is 15.8 Å². The monoisotopic (exact) mass is 276 g/mol. The number of ether oxygens (including phenoxy) is 1. The number of aromatic nitrogens is 1. The van der Waals surface area contributed by atoms with Gasteiger partial charge in [0, 0.05) is 24.8 Å². The van der Waals surface area contributed by atoms with Gasteiger partial charge in [0.1, 0.15) is 5.82 Å². The van der Waals surface area contributed by atoms with E-state index in [2.05, 4.69) is 15.2 Å². The third-order valence-electron chi connectivity index (χ3n) is 4.60.